The van der Waals surface area contributed by atoms with Gasteiger partial charge in [-0.15, -0.1) is 0 Å². The Bertz CT molecular complexity index is 994. The van der Waals surface area contributed by atoms with Crippen LogP contribution in [-0.4, -0.2) is 50.8 Å². The smallest absolute Gasteiger partial charge is 0.227 e. The number of nitrogens with one attached hydrogen (secondary N) is 1. The van der Waals surface area contributed by atoms with Crippen molar-refractivity contribution in [2.75, 3.05) is 35.7 Å². The van der Waals surface area contributed by atoms with Crippen LogP contribution < -0.4 is 10.2 Å². The minimum absolute atomic E-state index is 0.00556. The average molecular weight is 440 g/mol. The second-order valence-electron chi connectivity index (χ2n) is 8.62. The number of fused-ring (bicyclic) bond motifs is 1. The molecule has 164 valence electrons. The first kappa shape index (κ1) is 21.7. The summed E-state index contributed by atoms with van der Waals surface area (Å²) in [5.74, 6) is 2.55. The summed E-state index contributed by atoms with van der Waals surface area (Å²) in [6, 6.07) is 9.91. The van der Waals surface area contributed by atoms with Gasteiger partial charge in [0.1, 0.15) is 10.7 Å². The Morgan fingerprint density at radius 1 is 1.26 bits per heavy atom. The molecule has 2 N–H and O–H groups in total. The fourth-order valence-corrected chi connectivity index (χ4v) is 5.58. The molecule has 0 amide bonds. The van der Waals surface area contributed by atoms with Crippen molar-refractivity contribution in [1.82, 2.24) is 9.97 Å². The number of rotatable bonds is 6. The number of aliphatic hydroxyl groups excluding tert-OH is 1. The molecule has 1 saturated heterocycles. The zero-order valence-corrected chi connectivity index (χ0v) is 18.9. The number of piperidine rings is 1. The van der Waals surface area contributed by atoms with E-state index in [2.05, 4.69) is 28.4 Å². The van der Waals surface area contributed by atoms with Gasteiger partial charge in [0, 0.05) is 25.3 Å². The molecule has 7 nitrogen and oxygen atoms in total. The van der Waals surface area contributed by atoms with Crippen molar-refractivity contribution in [3.63, 3.8) is 0 Å². The molecular weight excluding hydrogens is 410 g/mol. The van der Waals surface area contributed by atoms with E-state index in [1.54, 1.807) is 0 Å². The fourth-order valence-electron chi connectivity index (χ4n) is 4.26. The van der Waals surface area contributed by atoms with Crippen LogP contribution in [0.1, 0.15) is 49.4 Å². The minimum Gasteiger partial charge on any atom is -0.394 e. The predicted octanol–water partition coefficient (Wildman–Crippen LogP) is 2.82. The second-order valence-corrected chi connectivity index (χ2v) is 10.1. The predicted molar refractivity (Wildman–Crippen MR) is 122 cm³/mol. The van der Waals surface area contributed by atoms with Gasteiger partial charge >= 0.3 is 0 Å². The summed E-state index contributed by atoms with van der Waals surface area (Å²) < 4.78 is 12.6. The molecule has 0 saturated carbocycles. The molecule has 0 bridgehead atoms. The summed E-state index contributed by atoms with van der Waals surface area (Å²) >= 11 is 0. The highest BCUT2D eigenvalue weighted by Crippen LogP contribution is 2.33. The van der Waals surface area contributed by atoms with Gasteiger partial charge in [-0.2, -0.15) is 10.2 Å². The van der Waals surface area contributed by atoms with Gasteiger partial charge in [-0.05, 0) is 42.4 Å². The normalized spacial score (nSPS) is 19.8. The molecule has 2 aliphatic heterocycles. The molecule has 0 aliphatic carbocycles. The summed E-state index contributed by atoms with van der Waals surface area (Å²) in [7, 11) is -1.10. The zero-order valence-electron chi connectivity index (χ0n) is 18.0. The van der Waals surface area contributed by atoms with E-state index in [4.69, 9.17) is 15.2 Å². The molecule has 1 unspecified atom stereocenters. The third-order valence-electron chi connectivity index (χ3n) is 6.29. The van der Waals surface area contributed by atoms with Crippen LogP contribution in [0.25, 0.3) is 0 Å². The van der Waals surface area contributed by atoms with Crippen molar-refractivity contribution < 1.29 is 9.32 Å². The summed E-state index contributed by atoms with van der Waals surface area (Å²) in [5, 5.41) is 22.1. The number of hydrogen-bond acceptors (Lipinski definition) is 7. The standard InChI is InChI=1S/C23H29N5O2S/c1-15(2)20(14-29)25-22-21-19(9-12-31(21)30)26-23(27-22)28-10-7-18(8-11-28)17-5-3-16(13-24)4-6-17/h3-6,15,18,20,29H,7-12,14H2,1-2H3,(H,25,26,27)/t20-,31?/m0/s1. The number of aryl methyl sites for hydroxylation is 1. The van der Waals surface area contributed by atoms with E-state index in [-0.39, 0.29) is 18.6 Å². The highest BCUT2D eigenvalue weighted by molar-refractivity contribution is 7.85. The Morgan fingerprint density at radius 2 is 1.97 bits per heavy atom. The van der Waals surface area contributed by atoms with Crippen molar-refractivity contribution in [1.29, 1.82) is 5.26 Å². The second kappa shape index (κ2) is 9.33. The highest BCUT2D eigenvalue weighted by Gasteiger charge is 2.30. The maximum absolute atomic E-state index is 12.6. The Kier molecular flexibility index (Phi) is 6.54. The van der Waals surface area contributed by atoms with Gasteiger partial charge < -0.3 is 15.3 Å². The van der Waals surface area contributed by atoms with Gasteiger partial charge in [0.15, 0.2) is 0 Å². The lowest BCUT2D eigenvalue weighted by Gasteiger charge is -2.33. The SMILES string of the molecule is CC(C)[C@H](CO)Nc1nc(N2CCC(c3ccc(C#N)cc3)CC2)nc2c1S(=O)CC2. The number of anilines is 2. The lowest BCUT2D eigenvalue weighted by Crippen LogP contribution is -2.35. The topological polar surface area (TPSA) is 102 Å². The van der Waals surface area contributed by atoms with E-state index >= 15 is 0 Å². The van der Waals surface area contributed by atoms with E-state index in [1.807, 2.05) is 26.0 Å². The van der Waals surface area contributed by atoms with Gasteiger partial charge in [-0.25, -0.2) is 4.98 Å². The van der Waals surface area contributed by atoms with Gasteiger partial charge in [0.05, 0.1) is 40.8 Å². The van der Waals surface area contributed by atoms with Gasteiger partial charge in [0.2, 0.25) is 5.95 Å². The summed E-state index contributed by atoms with van der Waals surface area (Å²) in [5.41, 5.74) is 2.82. The van der Waals surface area contributed by atoms with Gasteiger partial charge in [-0.1, -0.05) is 26.0 Å². The first-order valence-electron chi connectivity index (χ1n) is 10.9. The number of nitriles is 1. The average Bonchev–Trinajstić information content (AvgIpc) is 3.18. The Hall–Kier alpha value is -2.50. The number of benzene rings is 1. The van der Waals surface area contributed by atoms with Crippen LogP contribution in [0.2, 0.25) is 0 Å². The van der Waals surface area contributed by atoms with Crippen LogP contribution >= 0.6 is 0 Å². The molecule has 2 atom stereocenters. The van der Waals surface area contributed by atoms with Gasteiger partial charge in [-0.3, -0.25) is 4.21 Å². The van der Waals surface area contributed by atoms with Crippen LogP contribution in [0.3, 0.4) is 0 Å². The van der Waals surface area contributed by atoms with E-state index in [9.17, 15) is 9.32 Å². The highest BCUT2D eigenvalue weighted by atomic mass is 32.2. The molecule has 8 heteroatoms. The summed E-state index contributed by atoms with van der Waals surface area (Å²) in [6.45, 7) is 5.77. The summed E-state index contributed by atoms with van der Waals surface area (Å²) in [4.78, 5) is 12.5. The van der Waals surface area contributed by atoms with Crippen LogP contribution in [0.5, 0.6) is 0 Å². The van der Waals surface area contributed by atoms with Crippen molar-refractivity contribution in [3.8, 4) is 6.07 Å². The Labute approximate surface area is 186 Å². The third kappa shape index (κ3) is 4.58. The number of aromatic nitrogens is 2. The number of hydrogen-bond donors (Lipinski definition) is 2. The van der Waals surface area contributed by atoms with E-state index in [1.165, 1.54) is 5.56 Å². The van der Waals surface area contributed by atoms with Crippen molar-refractivity contribution >= 4 is 22.6 Å². The Morgan fingerprint density at radius 3 is 2.58 bits per heavy atom. The van der Waals surface area contributed by atoms with Crippen LogP contribution in [-0.2, 0) is 17.2 Å². The molecule has 1 aromatic heterocycles. The fraction of sp³-hybridized carbons (Fsp3) is 0.522. The Balaban J connectivity index is 1.53. The number of aliphatic hydroxyl groups is 1. The molecule has 2 aliphatic rings. The number of nitrogens with zero attached hydrogens (tertiary/aromatic N) is 4. The molecule has 1 aromatic carbocycles. The van der Waals surface area contributed by atoms with E-state index in [0.717, 1.165) is 31.6 Å². The zero-order chi connectivity index (χ0) is 22.0. The lowest BCUT2D eigenvalue weighted by molar-refractivity contribution is 0.249. The van der Waals surface area contributed by atoms with Crippen molar-refractivity contribution in [3.05, 3.63) is 41.1 Å². The molecule has 31 heavy (non-hydrogen) atoms. The monoisotopic (exact) mass is 439 g/mol. The maximum atomic E-state index is 12.6. The molecule has 0 spiro atoms. The molecule has 4 rings (SSSR count). The molecule has 1 fully saturated rings. The molecule has 2 aromatic rings. The summed E-state index contributed by atoms with van der Waals surface area (Å²) in [6.07, 6.45) is 2.68. The van der Waals surface area contributed by atoms with Crippen LogP contribution in [0.4, 0.5) is 11.8 Å². The van der Waals surface area contributed by atoms with Crippen molar-refractivity contribution in [2.45, 2.75) is 50.0 Å². The molecule has 3 heterocycles. The minimum atomic E-state index is -1.10. The quantitative estimate of drug-likeness (QED) is 0.713. The lowest BCUT2D eigenvalue weighted by atomic mass is 9.89. The third-order valence-corrected chi connectivity index (χ3v) is 7.75. The molecular formula is C23H29N5O2S. The largest absolute Gasteiger partial charge is 0.394 e. The maximum Gasteiger partial charge on any atom is 0.227 e. The van der Waals surface area contributed by atoms with Gasteiger partial charge in [0.25, 0.3) is 0 Å². The van der Waals surface area contributed by atoms with Crippen LogP contribution in [0.15, 0.2) is 29.2 Å². The first-order chi connectivity index (χ1) is 15.0. The first-order valence-corrected chi connectivity index (χ1v) is 12.2. The van der Waals surface area contributed by atoms with E-state index < -0.39 is 10.8 Å². The van der Waals surface area contributed by atoms with Crippen molar-refractivity contribution in [2.24, 2.45) is 5.92 Å². The van der Waals surface area contributed by atoms with Crippen LogP contribution in [0, 0.1) is 17.2 Å². The molecule has 0 radical (unpaired) electrons. The van der Waals surface area contributed by atoms with E-state index in [0.29, 0.717) is 40.3 Å².